The van der Waals surface area contributed by atoms with Gasteiger partial charge in [0.2, 0.25) is 10.0 Å². The highest BCUT2D eigenvalue weighted by Gasteiger charge is 2.21. The zero-order valence-electron chi connectivity index (χ0n) is 9.23. The fourth-order valence-corrected chi connectivity index (χ4v) is 3.36. The summed E-state index contributed by atoms with van der Waals surface area (Å²) in [6, 6.07) is 1.46. The van der Waals surface area contributed by atoms with E-state index in [-0.39, 0.29) is 10.8 Å². The molecular weight excluding hydrogens is 250 g/mol. The van der Waals surface area contributed by atoms with Gasteiger partial charge in [-0.15, -0.1) is 11.3 Å². The zero-order valence-corrected chi connectivity index (χ0v) is 10.9. The molecule has 0 atom stereocenters. The number of rotatable bonds is 4. The summed E-state index contributed by atoms with van der Waals surface area (Å²) in [5, 5.41) is 0. The first-order chi connectivity index (χ1) is 7.42. The van der Waals surface area contributed by atoms with Crippen LogP contribution in [0.15, 0.2) is 10.3 Å². The second-order valence-corrected chi connectivity index (χ2v) is 6.17. The van der Waals surface area contributed by atoms with Gasteiger partial charge in [-0.1, -0.05) is 0 Å². The normalized spacial score (nSPS) is 11.4. The van der Waals surface area contributed by atoms with E-state index in [1.165, 1.54) is 13.1 Å². The fourth-order valence-electron chi connectivity index (χ4n) is 1.09. The third kappa shape index (κ3) is 2.60. The third-order valence-electron chi connectivity index (χ3n) is 1.89. The first-order valence-electron chi connectivity index (χ1n) is 4.63. The van der Waals surface area contributed by atoms with Crippen molar-refractivity contribution in [3.63, 3.8) is 0 Å². The van der Waals surface area contributed by atoms with E-state index in [0.29, 0.717) is 10.4 Å². The molecule has 0 fully saturated rings. The number of esters is 1. The molecule has 0 bridgehead atoms. The zero-order chi connectivity index (χ0) is 12.3. The summed E-state index contributed by atoms with van der Waals surface area (Å²) in [6.45, 7) is 3.65. The number of hydrogen-bond acceptors (Lipinski definition) is 5. The first-order valence-corrected chi connectivity index (χ1v) is 6.93. The second kappa shape index (κ2) is 4.94. The lowest BCUT2D eigenvalue weighted by Gasteiger charge is -1.99. The van der Waals surface area contributed by atoms with Gasteiger partial charge in [-0.25, -0.2) is 17.9 Å². The van der Waals surface area contributed by atoms with Crippen molar-refractivity contribution in [1.29, 1.82) is 0 Å². The Morgan fingerprint density at radius 1 is 1.56 bits per heavy atom. The van der Waals surface area contributed by atoms with Gasteiger partial charge in [-0.05, 0) is 32.5 Å². The van der Waals surface area contributed by atoms with Crippen LogP contribution in [0.25, 0.3) is 0 Å². The summed E-state index contributed by atoms with van der Waals surface area (Å²) in [4.78, 5) is 11.8. The van der Waals surface area contributed by atoms with Crippen molar-refractivity contribution in [2.75, 3.05) is 13.7 Å². The van der Waals surface area contributed by atoms with Crippen LogP contribution in [0, 0.1) is 6.92 Å². The number of aryl methyl sites for hydroxylation is 1. The number of carbonyl (C=O) groups is 1. The molecule has 0 radical (unpaired) electrons. The van der Waals surface area contributed by atoms with E-state index in [1.807, 2.05) is 0 Å². The number of nitrogens with one attached hydrogen (secondary N) is 1. The summed E-state index contributed by atoms with van der Waals surface area (Å²) < 4.78 is 30.1. The minimum Gasteiger partial charge on any atom is -0.462 e. The number of carbonyl (C=O) groups excluding carboxylic acids is 1. The molecule has 0 aliphatic carbocycles. The van der Waals surface area contributed by atoms with Crippen molar-refractivity contribution >= 4 is 27.3 Å². The molecule has 0 spiro atoms. The van der Waals surface area contributed by atoms with Crippen LogP contribution in [0.1, 0.15) is 22.2 Å². The fraction of sp³-hybridized carbons (Fsp3) is 0.444. The molecule has 0 aliphatic rings. The Bertz CT molecular complexity index is 490. The van der Waals surface area contributed by atoms with Crippen LogP contribution < -0.4 is 4.72 Å². The van der Waals surface area contributed by atoms with E-state index in [9.17, 15) is 13.2 Å². The molecule has 0 amide bonds. The van der Waals surface area contributed by atoms with Crippen molar-refractivity contribution in [3.8, 4) is 0 Å². The summed E-state index contributed by atoms with van der Waals surface area (Å²) in [5.41, 5.74) is 0.609. The summed E-state index contributed by atoms with van der Waals surface area (Å²) in [5.74, 6) is -0.484. The minimum atomic E-state index is -3.49. The molecule has 1 heterocycles. The van der Waals surface area contributed by atoms with Crippen LogP contribution in [0.4, 0.5) is 0 Å². The Hall–Kier alpha value is -0.920. The van der Waals surface area contributed by atoms with Gasteiger partial charge in [-0.2, -0.15) is 0 Å². The van der Waals surface area contributed by atoms with E-state index >= 15 is 0 Å². The average Bonchev–Trinajstić information content (AvgIpc) is 2.61. The van der Waals surface area contributed by atoms with E-state index in [0.717, 1.165) is 11.3 Å². The quantitative estimate of drug-likeness (QED) is 0.827. The maximum Gasteiger partial charge on any atom is 0.348 e. The molecule has 5 nitrogen and oxygen atoms in total. The smallest absolute Gasteiger partial charge is 0.348 e. The monoisotopic (exact) mass is 263 g/mol. The van der Waals surface area contributed by atoms with Gasteiger partial charge in [0.15, 0.2) is 0 Å². The number of ether oxygens (including phenoxy) is 1. The van der Waals surface area contributed by atoms with Gasteiger partial charge < -0.3 is 4.74 Å². The predicted octanol–water partition coefficient (Wildman–Crippen LogP) is 1.14. The van der Waals surface area contributed by atoms with Crippen LogP contribution in [-0.4, -0.2) is 28.0 Å². The van der Waals surface area contributed by atoms with E-state index in [4.69, 9.17) is 4.74 Å². The average molecular weight is 263 g/mol. The topological polar surface area (TPSA) is 72.5 Å². The molecule has 1 rings (SSSR count). The summed E-state index contributed by atoms with van der Waals surface area (Å²) in [6.07, 6.45) is 0. The van der Waals surface area contributed by atoms with Crippen LogP contribution in [0.3, 0.4) is 0 Å². The van der Waals surface area contributed by atoms with Gasteiger partial charge >= 0.3 is 5.97 Å². The molecule has 16 heavy (non-hydrogen) atoms. The highest BCUT2D eigenvalue weighted by Crippen LogP contribution is 2.26. The van der Waals surface area contributed by atoms with Crippen molar-refractivity contribution in [1.82, 2.24) is 4.72 Å². The molecule has 1 N–H and O–H groups in total. The lowest BCUT2D eigenvalue weighted by atomic mass is 10.3. The Morgan fingerprint density at radius 2 is 2.19 bits per heavy atom. The third-order valence-corrected chi connectivity index (χ3v) is 4.99. The van der Waals surface area contributed by atoms with Crippen LogP contribution in [-0.2, 0) is 14.8 Å². The number of hydrogen-bond donors (Lipinski definition) is 1. The molecule has 0 saturated heterocycles. The van der Waals surface area contributed by atoms with Gasteiger partial charge in [-0.3, -0.25) is 0 Å². The molecule has 90 valence electrons. The molecular formula is C9H13NO4S2. The molecule has 1 aromatic rings. The van der Waals surface area contributed by atoms with Crippen LogP contribution >= 0.6 is 11.3 Å². The molecule has 1 aromatic heterocycles. The Labute approximate surface area is 98.5 Å². The maximum atomic E-state index is 11.5. The second-order valence-electron chi connectivity index (χ2n) is 3.01. The van der Waals surface area contributed by atoms with Crippen LogP contribution in [0.2, 0.25) is 0 Å². The van der Waals surface area contributed by atoms with Gasteiger partial charge in [0.25, 0.3) is 0 Å². The SMILES string of the molecule is CCOC(=O)c1sc(S(=O)(=O)NC)cc1C. The van der Waals surface area contributed by atoms with E-state index < -0.39 is 16.0 Å². The molecule has 0 unspecified atom stereocenters. The predicted molar refractivity (Wildman–Crippen MR) is 61.3 cm³/mol. The van der Waals surface area contributed by atoms with Crippen molar-refractivity contribution in [2.45, 2.75) is 18.1 Å². The van der Waals surface area contributed by atoms with Crippen LogP contribution in [0.5, 0.6) is 0 Å². The maximum absolute atomic E-state index is 11.5. The Balaban J connectivity index is 3.13. The first kappa shape index (κ1) is 13.1. The van der Waals surface area contributed by atoms with E-state index in [1.54, 1.807) is 13.8 Å². The standard InChI is InChI=1S/C9H13NO4S2/c1-4-14-9(11)8-6(2)5-7(15-8)16(12,13)10-3/h5,10H,4H2,1-3H3. The van der Waals surface area contributed by atoms with Crippen molar-refractivity contribution < 1.29 is 17.9 Å². The largest absolute Gasteiger partial charge is 0.462 e. The lowest BCUT2D eigenvalue weighted by molar-refractivity contribution is 0.0531. The van der Waals surface area contributed by atoms with Gasteiger partial charge in [0.05, 0.1) is 6.61 Å². The van der Waals surface area contributed by atoms with Crippen molar-refractivity contribution in [3.05, 3.63) is 16.5 Å². The van der Waals surface area contributed by atoms with Gasteiger partial charge in [0.1, 0.15) is 9.09 Å². The lowest BCUT2D eigenvalue weighted by Crippen LogP contribution is -2.17. The summed E-state index contributed by atoms with van der Waals surface area (Å²) in [7, 11) is -2.16. The molecule has 7 heteroatoms. The highest BCUT2D eigenvalue weighted by atomic mass is 32.2. The van der Waals surface area contributed by atoms with Crippen molar-refractivity contribution in [2.24, 2.45) is 0 Å². The number of sulfonamides is 1. The highest BCUT2D eigenvalue weighted by molar-refractivity contribution is 7.91. The molecule has 0 aliphatic heterocycles. The number of thiophene rings is 1. The summed E-state index contributed by atoms with van der Waals surface area (Å²) >= 11 is 0.914. The molecule has 0 aromatic carbocycles. The van der Waals surface area contributed by atoms with Gasteiger partial charge in [0, 0.05) is 0 Å². The Kier molecular flexibility index (Phi) is 4.06. The molecule has 0 saturated carbocycles. The Morgan fingerprint density at radius 3 is 2.69 bits per heavy atom. The van der Waals surface area contributed by atoms with E-state index in [2.05, 4.69) is 4.72 Å². The minimum absolute atomic E-state index is 0.121.